The summed E-state index contributed by atoms with van der Waals surface area (Å²) >= 11 is 3.82. The maximum Gasteiger partial charge on any atom is 0.0603 e. The highest BCUT2D eigenvalue weighted by Crippen LogP contribution is 2.29. The fraction of sp³-hybridized carbons (Fsp3) is 0.500. The average Bonchev–Trinajstić information content (AvgIpc) is 2.13. The number of rotatable bonds is 2. The van der Waals surface area contributed by atoms with Crippen molar-refractivity contribution >= 4 is 23.1 Å². The summed E-state index contributed by atoms with van der Waals surface area (Å²) < 4.78 is 1.44. The minimum absolute atomic E-state index is 0.707. The van der Waals surface area contributed by atoms with Gasteiger partial charge in [-0.25, -0.2) is 0 Å². The predicted octanol–water partition coefficient (Wildman–Crippen LogP) is 3.56. The first-order valence-electron chi connectivity index (χ1n) is 3.41. The van der Waals surface area contributed by atoms with Gasteiger partial charge in [-0.1, -0.05) is 13.8 Å². The summed E-state index contributed by atoms with van der Waals surface area (Å²) in [5.74, 6) is 0. The standard InChI is InChI=1S/C8H12S2/c1-6(2)9-8-5-4-7(3)10-8/h4-6H,1-3H3. The van der Waals surface area contributed by atoms with Crippen LogP contribution in [0.2, 0.25) is 0 Å². The zero-order chi connectivity index (χ0) is 7.56. The topological polar surface area (TPSA) is 0 Å². The Kier molecular flexibility index (Phi) is 2.81. The Hall–Kier alpha value is 0.0500. The zero-order valence-electron chi connectivity index (χ0n) is 6.55. The van der Waals surface area contributed by atoms with Gasteiger partial charge in [-0.05, 0) is 19.1 Å². The molecule has 0 unspecified atom stereocenters. The highest BCUT2D eigenvalue weighted by molar-refractivity contribution is 8.01. The third kappa shape index (κ3) is 2.35. The molecule has 0 nitrogen and oxygen atoms in total. The van der Waals surface area contributed by atoms with E-state index in [4.69, 9.17) is 0 Å². The van der Waals surface area contributed by atoms with Gasteiger partial charge in [0.05, 0.1) is 4.21 Å². The number of hydrogen-bond donors (Lipinski definition) is 0. The van der Waals surface area contributed by atoms with Crippen LogP contribution in [0.15, 0.2) is 16.3 Å². The Morgan fingerprint density at radius 3 is 2.50 bits per heavy atom. The van der Waals surface area contributed by atoms with Gasteiger partial charge >= 0.3 is 0 Å². The Morgan fingerprint density at radius 1 is 1.40 bits per heavy atom. The number of thioether (sulfide) groups is 1. The first-order valence-corrected chi connectivity index (χ1v) is 5.11. The van der Waals surface area contributed by atoms with Crippen molar-refractivity contribution in [1.29, 1.82) is 0 Å². The van der Waals surface area contributed by atoms with Crippen LogP contribution in [0.1, 0.15) is 18.7 Å². The molecule has 0 aliphatic carbocycles. The zero-order valence-corrected chi connectivity index (χ0v) is 8.18. The van der Waals surface area contributed by atoms with E-state index >= 15 is 0 Å². The Balaban J connectivity index is 2.58. The van der Waals surface area contributed by atoms with Gasteiger partial charge in [-0.3, -0.25) is 0 Å². The molecule has 0 fully saturated rings. The van der Waals surface area contributed by atoms with E-state index in [0.717, 1.165) is 0 Å². The third-order valence-corrected chi connectivity index (χ3v) is 3.24. The largest absolute Gasteiger partial charge is 0.134 e. The van der Waals surface area contributed by atoms with Gasteiger partial charge in [-0.2, -0.15) is 0 Å². The molecular formula is C8H12S2. The Bertz CT molecular complexity index is 201. The van der Waals surface area contributed by atoms with E-state index in [1.54, 1.807) is 0 Å². The highest BCUT2D eigenvalue weighted by atomic mass is 32.2. The molecule has 0 bridgehead atoms. The molecule has 0 radical (unpaired) electrons. The summed E-state index contributed by atoms with van der Waals surface area (Å²) in [5, 5.41) is 0.707. The summed E-state index contributed by atoms with van der Waals surface area (Å²) in [6.07, 6.45) is 0. The van der Waals surface area contributed by atoms with Crippen LogP contribution in [0.3, 0.4) is 0 Å². The number of thiophene rings is 1. The molecule has 0 aliphatic heterocycles. The van der Waals surface area contributed by atoms with E-state index in [-0.39, 0.29) is 0 Å². The van der Waals surface area contributed by atoms with Gasteiger partial charge in [0.2, 0.25) is 0 Å². The summed E-state index contributed by atoms with van der Waals surface area (Å²) in [4.78, 5) is 1.41. The molecule has 0 spiro atoms. The second-order valence-electron chi connectivity index (χ2n) is 2.53. The van der Waals surface area contributed by atoms with Crippen LogP contribution < -0.4 is 0 Å². The van der Waals surface area contributed by atoms with Gasteiger partial charge in [0, 0.05) is 10.1 Å². The molecule has 0 atom stereocenters. The first kappa shape index (κ1) is 8.15. The van der Waals surface area contributed by atoms with Crippen molar-refractivity contribution in [3.63, 3.8) is 0 Å². The third-order valence-electron chi connectivity index (χ3n) is 1.07. The molecule has 2 heteroatoms. The van der Waals surface area contributed by atoms with E-state index in [0.29, 0.717) is 5.25 Å². The smallest absolute Gasteiger partial charge is 0.0603 e. The lowest BCUT2D eigenvalue weighted by molar-refractivity contribution is 1.11. The Morgan fingerprint density at radius 2 is 2.10 bits per heavy atom. The molecule has 10 heavy (non-hydrogen) atoms. The maximum absolute atomic E-state index is 2.22. The molecule has 56 valence electrons. The molecular weight excluding hydrogens is 160 g/mol. The summed E-state index contributed by atoms with van der Waals surface area (Å²) in [6, 6.07) is 4.38. The lowest BCUT2D eigenvalue weighted by atomic mass is 10.5. The fourth-order valence-electron chi connectivity index (χ4n) is 0.708. The van der Waals surface area contributed by atoms with Crippen molar-refractivity contribution in [2.45, 2.75) is 30.2 Å². The lowest BCUT2D eigenvalue weighted by Crippen LogP contribution is -1.81. The van der Waals surface area contributed by atoms with Crippen molar-refractivity contribution in [1.82, 2.24) is 0 Å². The van der Waals surface area contributed by atoms with Crippen molar-refractivity contribution < 1.29 is 0 Å². The van der Waals surface area contributed by atoms with Gasteiger partial charge in [-0.15, -0.1) is 23.1 Å². The molecule has 1 aromatic rings. The lowest BCUT2D eigenvalue weighted by Gasteiger charge is -1.98. The van der Waals surface area contributed by atoms with E-state index < -0.39 is 0 Å². The van der Waals surface area contributed by atoms with Crippen LogP contribution in [0.25, 0.3) is 0 Å². The molecule has 1 heterocycles. The molecule has 0 aliphatic rings. The SMILES string of the molecule is Cc1ccc(SC(C)C)s1. The molecule has 0 aromatic carbocycles. The van der Waals surface area contributed by atoms with Crippen LogP contribution in [-0.4, -0.2) is 5.25 Å². The predicted molar refractivity (Wildman–Crippen MR) is 50.0 cm³/mol. The fourth-order valence-corrected chi connectivity index (χ4v) is 3.07. The second kappa shape index (κ2) is 3.44. The average molecular weight is 172 g/mol. The van der Waals surface area contributed by atoms with Crippen molar-refractivity contribution in [2.24, 2.45) is 0 Å². The van der Waals surface area contributed by atoms with Crippen molar-refractivity contribution in [2.75, 3.05) is 0 Å². The summed E-state index contributed by atoms with van der Waals surface area (Å²) in [6.45, 7) is 6.59. The Labute approximate surface area is 70.7 Å². The van der Waals surface area contributed by atoms with Crippen LogP contribution in [-0.2, 0) is 0 Å². The number of aryl methyl sites for hydroxylation is 1. The molecule has 0 saturated heterocycles. The highest BCUT2D eigenvalue weighted by Gasteiger charge is 1.99. The molecule has 0 amide bonds. The van der Waals surface area contributed by atoms with Gasteiger partial charge < -0.3 is 0 Å². The van der Waals surface area contributed by atoms with Crippen LogP contribution in [0, 0.1) is 6.92 Å². The van der Waals surface area contributed by atoms with Gasteiger partial charge in [0.15, 0.2) is 0 Å². The number of hydrogen-bond acceptors (Lipinski definition) is 2. The molecule has 0 saturated carbocycles. The van der Waals surface area contributed by atoms with Gasteiger partial charge in [0.1, 0.15) is 0 Å². The van der Waals surface area contributed by atoms with E-state index in [2.05, 4.69) is 32.9 Å². The molecule has 0 N–H and O–H groups in total. The van der Waals surface area contributed by atoms with Crippen molar-refractivity contribution in [3.8, 4) is 0 Å². The van der Waals surface area contributed by atoms with E-state index in [1.165, 1.54) is 9.09 Å². The normalized spacial score (nSPS) is 10.8. The monoisotopic (exact) mass is 172 g/mol. The van der Waals surface area contributed by atoms with E-state index in [9.17, 15) is 0 Å². The van der Waals surface area contributed by atoms with Crippen LogP contribution in [0.5, 0.6) is 0 Å². The quantitative estimate of drug-likeness (QED) is 0.615. The first-order chi connectivity index (χ1) is 4.68. The maximum atomic E-state index is 2.22. The van der Waals surface area contributed by atoms with Crippen LogP contribution >= 0.6 is 23.1 Å². The second-order valence-corrected chi connectivity index (χ2v) is 5.70. The summed E-state index contributed by atoms with van der Waals surface area (Å²) in [7, 11) is 0. The van der Waals surface area contributed by atoms with Gasteiger partial charge in [0.25, 0.3) is 0 Å². The summed E-state index contributed by atoms with van der Waals surface area (Å²) in [5.41, 5.74) is 0. The minimum atomic E-state index is 0.707. The van der Waals surface area contributed by atoms with Crippen LogP contribution in [0.4, 0.5) is 0 Å². The minimum Gasteiger partial charge on any atom is -0.134 e. The van der Waals surface area contributed by atoms with Crippen molar-refractivity contribution in [3.05, 3.63) is 17.0 Å². The molecule has 1 aromatic heterocycles. The molecule has 1 rings (SSSR count). The van der Waals surface area contributed by atoms with E-state index in [1.807, 2.05) is 23.1 Å².